The highest BCUT2D eigenvalue weighted by Crippen LogP contribution is 2.41. The molecule has 11 heteroatoms. The van der Waals surface area contributed by atoms with Crippen LogP contribution >= 0.6 is 0 Å². The van der Waals surface area contributed by atoms with E-state index in [0.29, 0.717) is 22.0 Å². The highest BCUT2D eigenvalue weighted by Gasteiger charge is 2.33. The topological polar surface area (TPSA) is 124 Å². The van der Waals surface area contributed by atoms with Crippen molar-refractivity contribution in [3.05, 3.63) is 57.7 Å². The predicted molar refractivity (Wildman–Crippen MR) is 127 cm³/mol. The van der Waals surface area contributed by atoms with Crippen molar-refractivity contribution in [2.75, 3.05) is 25.4 Å². The van der Waals surface area contributed by atoms with Crippen LogP contribution in [0, 0.1) is 18.6 Å². The highest BCUT2D eigenvalue weighted by atomic mass is 19.1. The molecule has 1 aliphatic carbocycles. The maximum atomic E-state index is 14.8. The zero-order chi connectivity index (χ0) is 25.3. The Morgan fingerprint density at radius 3 is 2.69 bits per heavy atom. The first-order valence-corrected chi connectivity index (χ1v) is 11.6. The molecule has 0 bridgehead atoms. The van der Waals surface area contributed by atoms with Crippen molar-refractivity contribution >= 4 is 33.8 Å². The van der Waals surface area contributed by atoms with Gasteiger partial charge >= 0.3 is 6.09 Å². The monoisotopic (exact) mass is 496 g/mol. The second-order valence-corrected chi connectivity index (χ2v) is 9.21. The third kappa shape index (κ3) is 3.41. The third-order valence-corrected chi connectivity index (χ3v) is 6.88. The Bertz CT molecular complexity index is 1630. The molecule has 1 atom stereocenters. The van der Waals surface area contributed by atoms with Gasteiger partial charge in [0.2, 0.25) is 5.89 Å². The summed E-state index contributed by atoms with van der Waals surface area (Å²) in [6.45, 7) is 2.19. The van der Waals surface area contributed by atoms with Crippen LogP contribution in [0.3, 0.4) is 0 Å². The molecule has 6 rings (SSSR count). The molecule has 1 saturated heterocycles. The van der Waals surface area contributed by atoms with Crippen molar-refractivity contribution in [2.45, 2.75) is 31.9 Å². The number of oxazole rings is 1. The van der Waals surface area contributed by atoms with E-state index < -0.39 is 23.8 Å². The van der Waals surface area contributed by atoms with Gasteiger partial charge in [-0.3, -0.25) is 4.79 Å². The Balaban J connectivity index is 1.58. The Morgan fingerprint density at radius 1 is 1.19 bits per heavy atom. The minimum absolute atomic E-state index is 0.0298. The summed E-state index contributed by atoms with van der Waals surface area (Å²) in [6.07, 6.45) is -0.216. The molecule has 2 fully saturated rings. The number of ether oxygens (including phenoxy) is 1. The summed E-state index contributed by atoms with van der Waals surface area (Å²) in [5.74, 6) is -1.28. The van der Waals surface area contributed by atoms with Crippen LogP contribution in [0.25, 0.3) is 33.1 Å². The molecule has 1 amide bonds. The van der Waals surface area contributed by atoms with E-state index in [-0.39, 0.29) is 59.5 Å². The lowest BCUT2D eigenvalue weighted by Gasteiger charge is -2.29. The molecule has 1 aliphatic heterocycles. The molecule has 0 spiro atoms. The minimum atomic E-state index is -1.07. The van der Waals surface area contributed by atoms with Gasteiger partial charge in [-0.05, 0) is 43.0 Å². The summed E-state index contributed by atoms with van der Waals surface area (Å²) in [7, 11) is 0. The Labute approximate surface area is 202 Å². The van der Waals surface area contributed by atoms with Gasteiger partial charge < -0.3 is 29.5 Å². The number of benzene rings is 2. The predicted octanol–water partition coefficient (Wildman–Crippen LogP) is 4.36. The first kappa shape index (κ1) is 22.5. The fraction of sp³-hybridized carbons (Fsp3) is 0.320. The standard InChI is InChI=1S/C25H22F2N4O5/c1-11-13(15-8-17(27)18(28)9-16(15)26)4-5-14-21(11)31(12-2-3-12)24(32)20-22(14)36-23(29-20)19-10-30(25(33)34)6-7-35-19/h4-5,8-9,12,19H,2-3,6-7,10,28H2,1H3,(H,33,34)/t19-/m0/s1. The lowest BCUT2D eigenvalue weighted by atomic mass is 9.96. The van der Waals surface area contributed by atoms with Crippen LogP contribution in [0.5, 0.6) is 0 Å². The maximum Gasteiger partial charge on any atom is 0.407 e. The molecule has 9 nitrogen and oxygen atoms in total. The van der Waals surface area contributed by atoms with E-state index in [1.165, 1.54) is 4.90 Å². The van der Waals surface area contributed by atoms with Crippen LogP contribution in [-0.4, -0.2) is 45.3 Å². The van der Waals surface area contributed by atoms with Gasteiger partial charge in [-0.15, -0.1) is 0 Å². The van der Waals surface area contributed by atoms with Crippen LogP contribution in [0.15, 0.2) is 33.5 Å². The average Bonchev–Trinajstić information content (AvgIpc) is 3.59. The van der Waals surface area contributed by atoms with E-state index in [4.69, 9.17) is 14.9 Å². The second-order valence-electron chi connectivity index (χ2n) is 9.21. The van der Waals surface area contributed by atoms with Crippen molar-refractivity contribution in [1.82, 2.24) is 14.5 Å². The third-order valence-electron chi connectivity index (χ3n) is 6.88. The van der Waals surface area contributed by atoms with Crippen LogP contribution in [-0.2, 0) is 4.74 Å². The van der Waals surface area contributed by atoms with Gasteiger partial charge in [0.1, 0.15) is 11.6 Å². The van der Waals surface area contributed by atoms with Crippen molar-refractivity contribution in [2.24, 2.45) is 0 Å². The second kappa shape index (κ2) is 8.02. The van der Waals surface area contributed by atoms with Gasteiger partial charge in [0.25, 0.3) is 5.56 Å². The Kier molecular flexibility index (Phi) is 5.01. The van der Waals surface area contributed by atoms with E-state index >= 15 is 0 Å². The van der Waals surface area contributed by atoms with Crippen LogP contribution < -0.4 is 11.3 Å². The summed E-state index contributed by atoms with van der Waals surface area (Å²) in [6, 6.07) is 5.31. The van der Waals surface area contributed by atoms with Gasteiger partial charge in [0, 0.05) is 29.6 Å². The van der Waals surface area contributed by atoms with Crippen molar-refractivity contribution < 1.29 is 27.8 Å². The number of halogens is 2. The number of hydrogen-bond donors (Lipinski definition) is 2. The number of aryl methyl sites for hydroxylation is 1. The lowest BCUT2D eigenvalue weighted by Crippen LogP contribution is -2.41. The number of amides is 1. The molecule has 4 aromatic rings. The molecule has 186 valence electrons. The van der Waals surface area contributed by atoms with Crippen LogP contribution in [0.2, 0.25) is 0 Å². The first-order valence-electron chi connectivity index (χ1n) is 11.6. The molecule has 2 aliphatic rings. The maximum absolute atomic E-state index is 14.8. The number of nitrogen functional groups attached to an aromatic ring is 1. The van der Waals surface area contributed by atoms with E-state index in [0.717, 1.165) is 25.0 Å². The van der Waals surface area contributed by atoms with Gasteiger partial charge in [-0.1, -0.05) is 6.07 Å². The number of anilines is 1. The zero-order valence-corrected chi connectivity index (χ0v) is 19.3. The SMILES string of the molecule is Cc1c(-c2cc(F)c(N)cc2F)ccc2c3oc([C@@H]4CN(C(=O)O)CCO4)nc3c(=O)n(C3CC3)c12. The number of nitrogens with zero attached hydrogens (tertiary/aromatic N) is 3. The molecule has 1 saturated carbocycles. The summed E-state index contributed by atoms with van der Waals surface area (Å²) < 4.78 is 42.4. The van der Waals surface area contributed by atoms with E-state index in [1.807, 2.05) is 0 Å². The molecule has 0 unspecified atom stereocenters. The summed E-state index contributed by atoms with van der Waals surface area (Å²) in [5.41, 5.74) is 6.86. The average molecular weight is 496 g/mol. The quantitative estimate of drug-likeness (QED) is 0.404. The molecular weight excluding hydrogens is 474 g/mol. The lowest BCUT2D eigenvalue weighted by molar-refractivity contribution is -0.0348. The van der Waals surface area contributed by atoms with Crippen molar-refractivity contribution in [3.8, 4) is 11.1 Å². The molecule has 0 radical (unpaired) electrons. The van der Waals surface area contributed by atoms with E-state index in [2.05, 4.69) is 4.98 Å². The molecule has 2 aromatic heterocycles. The van der Waals surface area contributed by atoms with Crippen molar-refractivity contribution in [1.29, 1.82) is 0 Å². The van der Waals surface area contributed by atoms with Gasteiger partial charge in [0.15, 0.2) is 17.2 Å². The largest absolute Gasteiger partial charge is 0.465 e. The van der Waals surface area contributed by atoms with Crippen molar-refractivity contribution in [3.63, 3.8) is 0 Å². The number of carboxylic acid groups (broad SMARTS) is 1. The normalized spacial score (nSPS) is 18.3. The summed E-state index contributed by atoms with van der Waals surface area (Å²) in [4.78, 5) is 30.7. The number of rotatable bonds is 3. The number of aromatic nitrogens is 2. The fourth-order valence-corrected chi connectivity index (χ4v) is 4.93. The summed E-state index contributed by atoms with van der Waals surface area (Å²) >= 11 is 0. The highest BCUT2D eigenvalue weighted by molar-refractivity contribution is 6.04. The van der Waals surface area contributed by atoms with E-state index in [1.54, 1.807) is 23.6 Å². The number of fused-ring (bicyclic) bond motifs is 3. The molecule has 36 heavy (non-hydrogen) atoms. The van der Waals surface area contributed by atoms with Crippen LogP contribution in [0.4, 0.5) is 19.3 Å². The molecule has 3 N–H and O–H groups in total. The van der Waals surface area contributed by atoms with Crippen LogP contribution in [0.1, 0.15) is 36.4 Å². The number of hydrogen-bond acceptors (Lipinski definition) is 6. The summed E-state index contributed by atoms with van der Waals surface area (Å²) in [5, 5.41) is 9.94. The Hall–Kier alpha value is -3.99. The Morgan fingerprint density at radius 2 is 1.97 bits per heavy atom. The number of morpholine rings is 1. The molecule has 3 heterocycles. The minimum Gasteiger partial charge on any atom is -0.465 e. The molecule has 2 aromatic carbocycles. The molecular formula is C25H22F2N4O5. The number of nitrogens with two attached hydrogens (primary N) is 1. The van der Waals surface area contributed by atoms with Gasteiger partial charge in [0.05, 0.1) is 24.4 Å². The fourth-order valence-electron chi connectivity index (χ4n) is 4.93. The number of pyridine rings is 1. The first-order chi connectivity index (χ1) is 17.2. The number of carbonyl (C=O) groups is 1. The smallest absolute Gasteiger partial charge is 0.407 e. The van der Waals surface area contributed by atoms with Gasteiger partial charge in [-0.25, -0.2) is 18.6 Å². The zero-order valence-electron chi connectivity index (χ0n) is 19.3. The van der Waals surface area contributed by atoms with E-state index in [9.17, 15) is 23.5 Å². The van der Waals surface area contributed by atoms with Gasteiger partial charge in [-0.2, -0.15) is 0 Å².